The Kier molecular flexibility index (Phi) is 6.89. The molecule has 1 N–H and O–H groups in total. The second-order valence-corrected chi connectivity index (χ2v) is 6.57. The predicted molar refractivity (Wildman–Crippen MR) is 107 cm³/mol. The lowest BCUT2D eigenvalue weighted by Gasteiger charge is -2.31. The minimum absolute atomic E-state index is 0.0243. The Morgan fingerprint density at radius 2 is 1.82 bits per heavy atom. The molecule has 2 aromatic carbocycles. The van der Waals surface area contributed by atoms with Crippen molar-refractivity contribution in [1.29, 1.82) is 0 Å². The first-order chi connectivity index (χ1) is 13.6. The van der Waals surface area contributed by atoms with Gasteiger partial charge in [0.2, 0.25) is 5.91 Å². The van der Waals surface area contributed by atoms with Crippen molar-refractivity contribution in [2.75, 3.05) is 32.8 Å². The van der Waals surface area contributed by atoms with E-state index < -0.39 is 4.92 Å². The van der Waals surface area contributed by atoms with E-state index in [0.29, 0.717) is 19.8 Å². The van der Waals surface area contributed by atoms with E-state index in [4.69, 9.17) is 4.74 Å². The van der Waals surface area contributed by atoms with Gasteiger partial charge in [0.15, 0.2) is 0 Å². The van der Waals surface area contributed by atoms with E-state index in [2.05, 4.69) is 10.2 Å². The lowest BCUT2D eigenvalue weighted by atomic mass is 10.1. The number of ether oxygens (including phenoxy) is 1. The van der Waals surface area contributed by atoms with Crippen molar-refractivity contribution < 1.29 is 14.5 Å². The standard InChI is InChI=1S/C21H23N3O4/c25-21(11-8-17-6-9-19(10-7-17)24(26)27)22-20(18-4-2-1-3-5-18)16-23-12-14-28-15-13-23/h1-11,20H,12-16H2,(H,22,25)/b11-8+. The molecule has 1 aliphatic rings. The zero-order chi connectivity index (χ0) is 19.8. The zero-order valence-electron chi connectivity index (χ0n) is 15.5. The first-order valence-corrected chi connectivity index (χ1v) is 9.20. The number of hydrogen-bond acceptors (Lipinski definition) is 5. The lowest BCUT2D eigenvalue weighted by molar-refractivity contribution is -0.384. The third kappa shape index (κ3) is 5.73. The number of carbonyl (C=O) groups excluding carboxylic acids is 1. The van der Waals surface area contributed by atoms with Gasteiger partial charge in [-0.2, -0.15) is 0 Å². The maximum Gasteiger partial charge on any atom is 0.269 e. The van der Waals surface area contributed by atoms with Crippen molar-refractivity contribution >= 4 is 17.7 Å². The van der Waals surface area contributed by atoms with Crippen molar-refractivity contribution in [3.63, 3.8) is 0 Å². The fourth-order valence-corrected chi connectivity index (χ4v) is 3.06. The Morgan fingerprint density at radius 1 is 1.14 bits per heavy atom. The van der Waals surface area contributed by atoms with Gasteiger partial charge in [-0.3, -0.25) is 19.8 Å². The number of nitrogens with one attached hydrogen (secondary N) is 1. The molecule has 0 radical (unpaired) electrons. The Labute approximate surface area is 163 Å². The van der Waals surface area contributed by atoms with E-state index in [1.54, 1.807) is 18.2 Å². The molecule has 1 unspecified atom stereocenters. The summed E-state index contributed by atoms with van der Waals surface area (Å²) in [5, 5.41) is 13.8. The van der Waals surface area contributed by atoms with Crippen molar-refractivity contribution in [2.45, 2.75) is 6.04 Å². The number of carbonyl (C=O) groups is 1. The van der Waals surface area contributed by atoms with Gasteiger partial charge < -0.3 is 10.1 Å². The number of hydrogen-bond donors (Lipinski definition) is 1. The van der Waals surface area contributed by atoms with Gasteiger partial charge in [0.25, 0.3) is 5.69 Å². The van der Waals surface area contributed by atoms with E-state index in [1.807, 2.05) is 30.3 Å². The highest BCUT2D eigenvalue weighted by Crippen LogP contribution is 2.16. The van der Waals surface area contributed by atoms with Gasteiger partial charge in [-0.05, 0) is 29.3 Å². The van der Waals surface area contributed by atoms with Crippen LogP contribution in [0.2, 0.25) is 0 Å². The summed E-state index contributed by atoms with van der Waals surface area (Å²) in [7, 11) is 0. The fourth-order valence-electron chi connectivity index (χ4n) is 3.06. The van der Waals surface area contributed by atoms with Crippen LogP contribution in [0.4, 0.5) is 5.69 Å². The lowest BCUT2D eigenvalue weighted by Crippen LogP contribution is -2.42. The fraction of sp³-hybridized carbons (Fsp3) is 0.286. The highest BCUT2D eigenvalue weighted by atomic mass is 16.6. The average molecular weight is 381 g/mol. The quantitative estimate of drug-likeness (QED) is 0.453. The third-order valence-corrected chi connectivity index (χ3v) is 4.59. The van der Waals surface area contributed by atoms with Gasteiger partial charge >= 0.3 is 0 Å². The SMILES string of the molecule is O=C(/C=C/c1ccc([N+](=O)[O-])cc1)NC(CN1CCOCC1)c1ccccc1. The minimum atomic E-state index is -0.448. The van der Waals surface area contributed by atoms with Gasteiger partial charge in [-0.1, -0.05) is 30.3 Å². The number of rotatable bonds is 7. The molecule has 3 rings (SSSR count). The van der Waals surface area contributed by atoms with Crippen molar-refractivity contribution in [3.05, 3.63) is 81.9 Å². The molecule has 1 saturated heterocycles. The van der Waals surface area contributed by atoms with E-state index in [0.717, 1.165) is 24.2 Å². The first-order valence-electron chi connectivity index (χ1n) is 9.20. The molecule has 2 aromatic rings. The summed E-state index contributed by atoms with van der Waals surface area (Å²) in [6, 6.07) is 15.8. The molecule has 0 bridgehead atoms. The zero-order valence-corrected chi connectivity index (χ0v) is 15.5. The summed E-state index contributed by atoms with van der Waals surface area (Å²) in [6.45, 7) is 3.81. The number of nitro groups is 1. The normalized spacial score (nSPS) is 16.0. The second-order valence-electron chi connectivity index (χ2n) is 6.57. The van der Waals surface area contributed by atoms with Crippen LogP contribution in [0.1, 0.15) is 17.2 Å². The monoisotopic (exact) mass is 381 g/mol. The molecule has 1 amide bonds. The number of non-ortho nitro benzene ring substituents is 1. The summed E-state index contributed by atoms with van der Waals surface area (Å²) in [5.41, 5.74) is 1.80. The van der Waals surface area contributed by atoms with Crippen LogP contribution in [-0.2, 0) is 9.53 Å². The minimum Gasteiger partial charge on any atom is -0.379 e. The first kappa shape index (κ1) is 19.7. The molecule has 1 atom stereocenters. The van der Waals surface area contributed by atoms with Gasteiger partial charge in [-0.15, -0.1) is 0 Å². The van der Waals surface area contributed by atoms with Crippen LogP contribution >= 0.6 is 0 Å². The summed E-state index contributed by atoms with van der Waals surface area (Å²) < 4.78 is 5.40. The molecule has 1 heterocycles. The van der Waals surface area contributed by atoms with Crippen LogP contribution < -0.4 is 5.32 Å². The van der Waals surface area contributed by atoms with Gasteiger partial charge in [-0.25, -0.2) is 0 Å². The number of nitro benzene ring substituents is 1. The van der Waals surface area contributed by atoms with Crippen molar-refractivity contribution in [3.8, 4) is 0 Å². The maximum absolute atomic E-state index is 12.5. The van der Waals surface area contributed by atoms with Crippen LogP contribution in [0.3, 0.4) is 0 Å². The Hall–Kier alpha value is -3.03. The molecule has 1 aliphatic heterocycles. The largest absolute Gasteiger partial charge is 0.379 e. The summed E-state index contributed by atoms with van der Waals surface area (Å²) in [4.78, 5) is 25.0. The summed E-state index contributed by atoms with van der Waals surface area (Å²) >= 11 is 0. The molecule has 0 spiro atoms. The summed E-state index contributed by atoms with van der Waals surface area (Å²) in [5.74, 6) is -0.208. The van der Waals surface area contributed by atoms with Gasteiger partial charge in [0, 0.05) is 37.8 Å². The molecule has 1 fully saturated rings. The predicted octanol–water partition coefficient (Wildman–Crippen LogP) is 2.80. The van der Waals surface area contributed by atoms with Crippen LogP contribution in [0, 0.1) is 10.1 Å². The van der Waals surface area contributed by atoms with Gasteiger partial charge in [0.05, 0.1) is 24.2 Å². The molecule has 0 aliphatic carbocycles. The third-order valence-electron chi connectivity index (χ3n) is 4.59. The van der Waals surface area contributed by atoms with Gasteiger partial charge in [0.1, 0.15) is 0 Å². The molecule has 146 valence electrons. The number of amides is 1. The molecule has 28 heavy (non-hydrogen) atoms. The van der Waals surface area contributed by atoms with Crippen LogP contribution in [0.15, 0.2) is 60.7 Å². The highest BCUT2D eigenvalue weighted by Gasteiger charge is 2.19. The van der Waals surface area contributed by atoms with Crippen LogP contribution in [-0.4, -0.2) is 48.6 Å². The van der Waals surface area contributed by atoms with E-state index in [1.165, 1.54) is 18.2 Å². The Morgan fingerprint density at radius 3 is 2.46 bits per heavy atom. The second kappa shape index (κ2) is 9.77. The van der Waals surface area contributed by atoms with Crippen LogP contribution in [0.25, 0.3) is 6.08 Å². The molecular weight excluding hydrogens is 358 g/mol. The topological polar surface area (TPSA) is 84.7 Å². The Bertz CT molecular complexity index is 815. The number of morpholine rings is 1. The van der Waals surface area contributed by atoms with E-state index in [9.17, 15) is 14.9 Å². The number of benzene rings is 2. The molecule has 0 aromatic heterocycles. The van der Waals surface area contributed by atoms with Crippen molar-refractivity contribution in [1.82, 2.24) is 10.2 Å². The smallest absolute Gasteiger partial charge is 0.269 e. The van der Waals surface area contributed by atoms with Crippen molar-refractivity contribution in [2.24, 2.45) is 0 Å². The van der Waals surface area contributed by atoms with Crippen LogP contribution in [0.5, 0.6) is 0 Å². The Balaban J connectivity index is 1.65. The number of nitrogens with zero attached hydrogens (tertiary/aromatic N) is 2. The molecular formula is C21H23N3O4. The molecule has 7 heteroatoms. The van der Waals surface area contributed by atoms with E-state index in [-0.39, 0.29) is 17.6 Å². The average Bonchev–Trinajstić information content (AvgIpc) is 2.73. The van der Waals surface area contributed by atoms with E-state index >= 15 is 0 Å². The highest BCUT2D eigenvalue weighted by molar-refractivity contribution is 5.92. The summed E-state index contributed by atoms with van der Waals surface area (Å²) in [6.07, 6.45) is 3.10. The maximum atomic E-state index is 12.5. The molecule has 7 nitrogen and oxygen atoms in total. The molecule has 0 saturated carbocycles.